The first-order valence-electron chi connectivity index (χ1n) is 3.87. The van der Waals surface area contributed by atoms with Crippen LogP contribution >= 0.6 is 0 Å². The summed E-state index contributed by atoms with van der Waals surface area (Å²) >= 11 is 0. The number of fused-ring (bicyclic) bond motifs is 1. The highest BCUT2D eigenvalue weighted by molar-refractivity contribution is 5.78. The van der Waals surface area contributed by atoms with E-state index in [4.69, 9.17) is 14.4 Å². The summed E-state index contributed by atoms with van der Waals surface area (Å²) < 4.78 is 10.3. The van der Waals surface area contributed by atoms with E-state index in [9.17, 15) is 0 Å². The molecule has 0 amide bonds. The molecule has 0 N–H and O–H groups in total. The first kappa shape index (κ1) is 7.69. The van der Waals surface area contributed by atoms with Crippen LogP contribution in [0.25, 0.3) is 11.0 Å². The van der Waals surface area contributed by atoms with Gasteiger partial charge >= 0.3 is 0 Å². The van der Waals surface area contributed by atoms with Crippen molar-refractivity contribution in [3.8, 4) is 11.8 Å². The first-order valence-corrected chi connectivity index (χ1v) is 3.87. The monoisotopic (exact) mass is 173 g/mol. The van der Waals surface area contributed by atoms with Crippen molar-refractivity contribution in [1.82, 2.24) is 0 Å². The molecule has 0 saturated heterocycles. The number of hydrogen-bond acceptors (Lipinski definition) is 3. The molecule has 1 aromatic heterocycles. The van der Waals surface area contributed by atoms with Gasteiger partial charge in [-0.25, -0.2) is 0 Å². The molecule has 1 aromatic carbocycles. The molecule has 0 bridgehead atoms. The van der Waals surface area contributed by atoms with E-state index in [1.807, 2.05) is 24.3 Å². The molecule has 0 atom stereocenters. The predicted octanol–water partition coefficient (Wildman–Crippen LogP) is 2.34. The largest absolute Gasteiger partial charge is 0.479 e. The number of ether oxygens (including phenoxy) is 1. The van der Waals surface area contributed by atoms with Crippen molar-refractivity contribution in [3.63, 3.8) is 0 Å². The third kappa shape index (κ3) is 1.47. The van der Waals surface area contributed by atoms with Crippen LogP contribution in [-0.4, -0.2) is 6.61 Å². The molecular weight excluding hydrogens is 166 g/mol. The maximum Gasteiger partial charge on any atom is 0.174 e. The molecule has 2 rings (SSSR count). The minimum Gasteiger partial charge on any atom is -0.479 e. The van der Waals surface area contributed by atoms with Crippen LogP contribution in [0, 0.1) is 11.3 Å². The molecule has 0 aliphatic heterocycles. The van der Waals surface area contributed by atoms with E-state index in [1.54, 1.807) is 12.3 Å². The Morgan fingerprint density at radius 3 is 3.15 bits per heavy atom. The molecule has 13 heavy (non-hydrogen) atoms. The zero-order valence-corrected chi connectivity index (χ0v) is 6.86. The van der Waals surface area contributed by atoms with E-state index in [2.05, 4.69) is 0 Å². The molecule has 2 aromatic rings. The molecule has 0 spiro atoms. The third-order valence-electron chi connectivity index (χ3n) is 1.73. The van der Waals surface area contributed by atoms with Crippen molar-refractivity contribution in [3.05, 3.63) is 30.5 Å². The van der Waals surface area contributed by atoms with Crippen LogP contribution in [0.3, 0.4) is 0 Å². The van der Waals surface area contributed by atoms with Gasteiger partial charge in [-0.3, -0.25) is 0 Å². The SMILES string of the molecule is N#CCOc1ccc2occc2c1. The predicted molar refractivity (Wildman–Crippen MR) is 47.3 cm³/mol. The second-order valence-electron chi connectivity index (χ2n) is 2.57. The molecule has 0 radical (unpaired) electrons. The molecule has 0 aliphatic carbocycles. The van der Waals surface area contributed by atoms with Gasteiger partial charge in [-0.1, -0.05) is 0 Å². The Hall–Kier alpha value is -1.95. The molecule has 0 unspecified atom stereocenters. The van der Waals surface area contributed by atoms with E-state index in [0.29, 0.717) is 5.75 Å². The van der Waals surface area contributed by atoms with Crippen molar-refractivity contribution in [2.24, 2.45) is 0 Å². The molecule has 3 nitrogen and oxygen atoms in total. The fourth-order valence-electron chi connectivity index (χ4n) is 1.15. The Kier molecular flexibility index (Phi) is 1.89. The van der Waals surface area contributed by atoms with Gasteiger partial charge in [0.25, 0.3) is 0 Å². The van der Waals surface area contributed by atoms with Gasteiger partial charge < -0.3 is 9.15 Å². The molecular formula is C10H7NO2. The number of nitrogens with zero attached hydrogens (tertiary/aromatic N) is 1. The van der Waals surface area contributed by atoms with Crippen molar-refractivity contribution in [1.29, 1.82) is 5.26 Å². The lowest BCUT2D eigenvalue weighted by Crippen LogP contribution is -1.92. The smallest absolute Gasteiger partial charge is 0.174 e. The fourth-order valence-corrected chi connectivity index (χ4v) is 1.15. The van der Waals surface area contributed by atoms with Crippen molar-refractivity contribution in [2.45, 2.75) is 0 Å². The number of nitriles is 1. The summed E-state index contributed by atoms with van der Waals surface area (Å²) in [6, 6.07) is 9.21. The third-order valence-corrected chi connectivity index (χ3v) is 1.73. The minimum absolute atomic E-state index is 0.0728. The van der Waals surface area contributed by atoms with Gasteiger partial charge in [0.05, 0.1) is 6.26 Å². The molecule has 0 fully saturated rings. The summed E-state index contributed by atoms with van der Waals surface area (Å²) in [5.41, 5.74) is 0.823. The Morgan fingerprint density at radius 1 is 1.38 bits per heavy atom. The van der Waals surface area contributed by atoms with Crippen LogP contribution in [0.2, 0.25) is 0 Å². The van der Waals surface area contributed by atoms with Crippen molar-refractivity contribution < 1.29 is 9.15 Å². The lowest BCUT2D eigenvalue weighted by atomic mass is 10.2. The average molecular weight is 173 g/mol. The second-order valence-corrected chi connectivity index (χ2v) is 2.57. The fraction of sp³-hybridized carbons (Fsp3) is 0.100. The van der Waals surface area contributed by atoms with Gasteiger partial charge in [0.2, 0.25) is 0 Å². The van der Waals surface area contributed by atoms with Gasteiger partial charge in [-0.05, 0) is 24.3 Å². The van der Waals surface area contributed by atoms with E-state index in [-0.39, 0.29) is 6.61 Å². The Balaban J connectivity index is 2.33. The van der Waals surface area contributed by atoms with Crippen LogP contribution in [0.4, 0.5) is 0 Å². The van der Waals surface area contributed by atoms with Gasteiger partial charge in [-0.2, -0.15) is 5.26 Å². The Morgan fingerprint density at radius 2 is 2.31 bits per heavy atom. The van der Waals surface area contributed by atoms with Crippen LogP contribution in [0.15, 0.2) is 34.9 Å². The number of benzene rings is 1. The van der Waals surface area contributed by atoms with Crippen LogP contribution in [0.5, 0.6) is 5.75 Å². The van der Waals surface area contributed by atoms with Gasteiger partial charge in [-0.15, -0.1) is 0 Å². The highest BCUT2D eigenvalue weighted by Crippen LogP contribution is 2.21. The molecule has 64 valence electrons. The Labute approximate surface area is 75.1 Å². The summed E-state index contributed by atoms with van der Waals surface area (Å²) in [6.07, 6.45) is 1.62. The van der Waals surface area contributed by atoms with Gasteiger partial charge in [0, 0.05) is 5.39 Å². The highest BCUT2D eigenvalue weighted by atomic mass is 16.5. The van der Waals surface area contributed by atoms with Crippen molar-refractivity contribution >= 4 is 11.0 Å². The number of furan rings is 1. The zero-order valence-electron chi connectivity index (χ0n) is 6.86. The highest BCUT2D eigenvalue weighted by Gasteiger charge is 1.98. The quantitative estimate of drug-likeness (QED) is 0.700. The van der Waals surface area contributed by atoms with E-state index < -0.39 is 0 Å². The Bertz CT molecular complexity index is 453. The maximum atomic E-state index is 8.31. The standard InChI is InChI=1S/C10H7NO2/c11-4-6-12-9-1-2-10-8(7-9)3-5-13-10/h1-3,5,7H,6H2. The van der Waals surface area contributed by atoms with E-state index in [0.717, 1.165) is 11.0 Å². The zero-order chi connectivity index (χ0) is 9.10. The summed E-state index contributed by atoms with van der Waals surface area (Å²) in [4.78, 5) is 0. The topological polar surface area (TPSA) is 46.2 Å². The van der Waals surface area contributed by atoms with Crippen LogP contribution in [0.1, 0.15) is 0 Å². The first-order chi connectivity index (χ1) is 6.40. The van der Waals surface area contributed by atoms with Crippen LogP contribution in [-0.2, 0) is 0 Å². The summed E-state index contributed by atoms with van der Waals surface area (Å²) in [5.74, 6) is 0.690. The van der Waals surface area contributed by atoms with E-state index in [1.165, 1.54) is 0 Å². The summed E-state index contributed by atoms with van der Waals surface area (Å²) in [7, 11) is 0. The molecule has 0 aliphatic rings. The average Bonchev–Trinajstić information content (AvgIpc) is 2.61. The van der Waals surface area contributed by atoms with Crippen molar-refractivity contribution in [2.75, 3.05) is 6.61 Å². The van der Waals surface area contributed by atoms with Crippen LogP contribution < -0.4 is 4.74 Å². The lowest BCUT2D eigenvalue weighted by molar-refractivity contribution is 0.368. The minimum atomic E-state index is 0.0728. The number of rotatable bonds is 2. The molecule has 0 saturated carbocycles. The normalized spacial score (nSPS) is 9.77. The lowest BCUT2D eigenvalue weighted by Gasteiger charge is -1.99. The summed E-state index contributed by atoms with van der Waals surface area (Å²) in [6.45, 7) is 0.0728. The summed E-state index contributed by atoms with van der Waals surface area (Å²) in [5, 5.41) is 9.29. The van der Waals surface area contributed by atoms with E-state index >= 15 is 0 Å². The van der Waals surface area contributed by atoms with Gasteiger partial charge in [0.15, 0.2) is 6.61 Å². The number of hydrogen-bond donors (Lipinski definition) is 0. The van der Waals surface area contributed by atoms with Gasteiger partial charge in [0.1, 0.15) is 17.4 Å². The maximum absolute atomic E-state index is 8.31. The molecule has 1 heterocycles. The molecule has 3 heteroatoms. The second kappa shape index (κ2) is 3.20.